The van der Waals surface area contributed by atoms with Gasteiger partial charge in [0.1, 0.15) is 0 Å². The van der Waals surface area contributed by atoms with E-state index in [4.69, 9.17) is 10.5 Å². The van der Waals surface area contributed by atoms with Gasteiger partial charge in [-0.15, -0.1) is 0 Å². The number of hydrogen-bond acceptors (Lipinski definition) is 3. The molecule has 2 rings (SSSR count). The van der Waals surface area contributed by atoms with Crippen LogP contribution in [-0.2, 0) is 6.42 Å². The van der Waals surface area contributed by atoms with E-state index in [1.54, 1.807) is 7.11 Å². The highest BCUT2D eigenvalue weighted by molar-refractivity contribution is 5.51. The van der Waals surface area contributed by atoms with E-state index in [1.165, 1.54) is 0 Å². The molecule has 0 bridgehead atoms. The van der Waals surface area contributed by atoms with Crippen molar-refractivity contribution in [1.82, 2.24) is 0 Å². The topological polar surface area (TPSA) is 55.5 Å². The standard InChI is InChI=1S/C12H17NO2/c1-8-3-4-9(7-12(13)5-6-12)11(15-2)10(8)14/h3-4,14H,5-7,13H2,1-2H3. The zero-order valence-corrected chi connectivity index (χ0v) is 9.21. The molecule has 1 fully saturated rings. The Labute approximate surface area is 89.9 Å². The zero-order valence-electron chi connectivity index (χ0n) is 9.21. The van der Waals surface area contributed by atoms with Crippen LogP contribution in [0.3, 0.4) is 0 Å². The number of phenols is 1. The molecular formula is C12H17NO2. The Bertz CT molecular complexity index is 383. The molecule has 0 heterocycles. The van der Waals surface area contributed by atoms with Crippen molar-refractivity contribution in [2.24, 2.45) is 5.73 Å². The van der Waals surface area contributed by atoms with E-state index in [-0.39, 0.29) is 11.3 Å². The molecule has 0 spiro atoms. The first-order valence-electron chi connectivity index (χ1n) is 5.20. The quantitative estimate of drug-likeness (QED) is 0.793. The number of phenolic OH excluding ortho intramolecular Hbond substituents is 1. The number of nitrogens with two attached hydrogens (primary N) is 1. The number of ether oxygens (including phenoxy) is 1. The summed E-state index contributed by atoms with van der Waals surface area (Å²) in [7, 11) is 1.58. The average molecular weight is 207 g/mol. The van der Waals surface area contributed by atoms with Gasteiger partial charge in [0.25, 0.3) is 0 Å². The molecule has 0 aliphatic heterocycles. The van der Waals surface area contributed by atoms with Crippen LogP contribution in [0.25, 0.3) is 0 Å². The Morgan fingerprint density at radius 2 is 2.13 bits per heavy atom. The van der Waals surface area contributed by atoms with Crippen LogP contribution in [0.15, 0.2) is 12.1 Å². The van der Waals surface area contributed by atoms with Crippen molar-refractivity contribution >= 4 is 0 Å². The van der Waals surface area contributed by atoms with Crippen molar-refractivity contribution < 1.29 is 9.84 Å². The molecule has 3 N–H and O–H groups in total. The fraction of sp³-hybridized carbons (Fsp3) is 0.500. The van der Waals surface area contributed by atoms with Crippen molar-refractivity contribution in [3.63, 3.8) is 0 Å². The Morgan fingerprint density at radius 3 is 2.67 bits per heavy atom. The third-order valence-electron chi connectivity index (χ3n) is 3.05. The number of benzene rings is 1. The lowest BCUT2D eigenvalue weighted by molar-refractivity contribution is 0.366. The summed E-state index contributed by atoms with van der Waals surface area (Å²) in [5.74, 6) is 0.811. The second kappa shape index (κ2) is 3.42. The van der Waals surface area contributed by atoms with Gasteiger partial charge in [0.2, 0.25) is 0 Å². The van der Waals surface area contributed by atoms with Gasteiger partial charge in [-0.25, -0.2) is 0 Å². The van der Waals surface area contributed by atoms with Crippen LogP contribution >= 0.6 is 0 Å². The lowest BCUT2D eigenvalue weighted by atomic mass is 10.0. The van der Waals surface area contributed by atoms with Gasteiger partial charge in [-0.1, -0.05) is 12.1 Å². The summed E-state index contributed by atoms with van der Waals surface area (Å²) >= 11 is 0. The van der Waals surface area contributed by atoms with Gasteiger partial charge < -0.3 is 15.6 Å². The molecule has 0 saturated heterocycles. The van der Waals surface area contributed by atoms with Crippen LogP contribution in [0, 0.1) is 6.92 Å². The van der Waals surface area contributed by atoms with Crippen LogP contribution in [-0.4, -0.2) is 17.8 Å². The predicted molar refractivity (Wildman–Crippen MR) is 59.3 cm³/mol. The largest absolute Gasteiger partial charge is 0.504 e. The number of aromatic hydroxyl groups is 1. The number of aryl methyl sites for hydroxylation is 1. The highest BCUT2D eigenvalue weighted by atomic mass is 16.5. The Morgan fingerprint density at radius 1 is 1.47 bits per heavy atom. The third-order valence-corrected chi connectivity index (χ3v) is 3.05. The molecule has 1 aromatic carbocycles. The normalized spacial score (nSPS) is 17.5. The predicted octanol–water partition coefficient (Wildman–Crippen LogP) is 1.74. The Kier molecular flexibility index (Phi) is 2.35. The molecule has 0 amide bonds. The summed E-state index contributed by atoms with van der Waals surface area (Å²) in [5.41, 5.74) is 7.82. The number of rotatable bonds is 3. The second-order valence-electron chi connectivity index (χ2n) is 4.46. The minimum Gasteiger partial charge on any atom is -0.504 e. The molecule has 0 aromatic heterocycles. The SMILES string of the molecule is COc1c(CC2(N)CC2)ccc(C)c1O. The lowest BCUT2D eigenvalue weighted by Gasteiger charge is -2.14. The Hall–Kier alpha value is -1.22. The van der Waals surface area contributed by atoms with Crippen molar-refractivity contribution in [3.8, 4) is 11.5 Å². The van der Waals surface area contributed by atoms with Gasteiger partial charge in [-0.3, -0.25) is 0 Å². The van der Waals surface area contributed by atoms with Gasteiger partial charge in [-0.05, 0) is 37.3 Å². The number of hydrogen-bond donors (Lipinski definition) is 2. The van der Waals surface area contributed by atoms with Crippen LogP contribution in [0.5, 0.6) is 11.5 Å². The molecule has 82 valence electrons. The molecule has 1 aliphatic rings. The fourth-order valence-corrected chi connectivity index (χ4v) is 1.79. The fourth-order valence-electron chi connectivity index (χ4n) is 1.79. The summed E-state index contributed by atoms with van der Waals surface area (Å²) in [6, 6.07) is 3.89. The summed E-state index contributed by atoms with van der Waals surface area (Å²) in [5, 5.41) is 9.83. The maximum Gasteiger partial charge on any atom is 0.164 e. The zero-order chi connectivity index (χ0) is 11.1. The van der Waals surface area contributed by atoms with E-state index in [0.29, 0.717) is 5.75 Å². The van der Waals surface area contributed by atoms with Crippen LogP contribution in [0.4, 0.5) is 0 Å². The first kappa shape index (κ1) is 10.3. The first-order valence-corrected chi connectivity index (χ1v) is 5.20. The van der Waals surface area contributed by atoms with E-state index in [0.717, 1.165) is 30.4 Å². The smallest absolute Gasteiger partial charge is 0.164 e. The molecule has 1 aliphatic carbocycles. The Balaban J connectivity index is 2.34. The van der Waals surface area contributed by atoms with E-state index < -0.39 is 0 Å². The van der Waals surface area contributed by atoms with Crippen molar-refractivity contribution in [2.45, 2.75) is 31.7 Å². The van der Waals surface area contributed by atoms with E-state index in [9.17, 15) is 5.11 Å². The highest BCUT2D eigenvalue weighted by Crippen LogP contribution is 2.41. The highest BCUT2D eigenvalue weighted by Gasteiger charge is 2.39. The van der Waals surface area contributed by atoms with Gasteiger partial charge >= 0.3 is 0 Å². The second-order valence-corrected chi connectivity index (χ2v) is 4.46. The molecule has 1 aromatic rings. The molecular weight excluding hydrogens is 190 g/mol. The molecule has 3 heteroatoms. The summed E-state index contributed by atoms with van der Waals surface area (Å²) in [4.78, 5) is 0. The first-order chi connectivity index (χ1) is 7.06. The molecule has 15 heavy (non-hydrogen) atoms. The molecule has 0 radical (unpaired) electrons. The summed E-state index contributed by atoms with van der Waals surface area (Å²) in [6.45, 7) is 1.86. The molecule has 3 nitrogen and oxygen atoms in total. The minimum absolute atomic E-state index is 0.0605. The van der Waals surface area contributed by atoms with Crippen molar-refractivity contribution in [1.29, 1.82) is 0 Å². The van der Waals surface area contributed by atoms with Crippen molar-refractivity contribution in [2.75, 3.05) is 7.11 Å². The van der Waals surface area contributed by atoms with Gasteiger partial charge in [0.05, 0.1) is 7.11 Å². The monoisotopic (exact) mass is 207 g/mol. The van der Waals surface area contributed by atoms with Gasteiger partial charge in [0.15, 0.2) is 11.5 Å². The summed E-state index contributed by atoms with van der Waals surface area (Å²) < 4.78 is 5.23. The van der Waals surface area contributed by atoms with Crippen LogP contribution < -0.4 is 10.5 Å². The van der Waals surface area contributed by atoms with Gasteiger partial charge in [-0.2, -0.15) is 0 Å². The van der Waals surface area contributed by atoms with Gasteiger partial charge in [0, 0.05) is 5.54 Å². The third kappa shape index (κ3) is 1.92. The van der Waals surface area contributed by atoms with E-state index in [1.807, 2.05) is 19.1 Å². The number of methoxy groups -OCH3 is 1. The lowest BCUT2D eigenvalue weighted by Crippen LogP contribution is -2.24. The molecule has 1 saturated carbocycles. The molecule has 0 unspecified atom stereocenters. The maximum absolute atomic E-state index is 9.83. The minimum atomic E-state index is -0.0605. The van der Waals surface area contributed by atoms with E-state index in [2.05, 4.69) is 0 Å². The van der Waals surface area contributed by atoms with E-state index >= 15 is 0 Å². The van der Waals surface area contributed by atoms with Crippen LogP contribution in [0.1, 0.15) is 24.0 Å². The average Bonchev–Trinajstić information content (AvgIpc) is 2.91. The molecule has 0 atom stereocenters. The summed E-state index contributed by atoms with van der Waals surface area (Å²) in [6.07, 6.45) is 2.90. The van der Waals surface area contributed by atoms with Crippen LogP contribution in [0.2, 0.25) is 0 Å². The van der Waals surface area contributed by atoms with Crippen molar-refractivity contribution in [3.05, 3.63) is 23.3 Å². The maximum atomic E-state index is 9.83.